The summed E-state index contributed by atoms with van der Waals surface area (Å²) in [7, 11) is 1.72. The number of nitrogens with two attached hydrogens (primary N) is 1. The number of hydrogen-bond acceptors (Lipinski definition) is 5. The fourth-order valence-corrected chi connectivity index (χ4v) is 4.26. The lowest BCUT2D eigenvalue weighted by molar-refractivity contribution is 0.306. The molecule has 4 aromatic rings. The van der Waals surface area contributed by atoms with Gasteiger partial charge in [-0.2, -0.15) is 5.26 Å². The number of benzene rings is 3. The molecule has 2 N–H and O–H groups in total. The minimum Gasteiger partial charge on any atom is -0.489 e. The van der Waals surface area contributed by atoms with Crippen molar-refractivity contribution in [3.05, 3.63) is 117 Å². The number of aryl methyl sites for hydroxylation is 1. The number of ether oxygens (including phenoxy) is 2. The van der Waals surface area contributed by atoms with Crippen LogP contribution in [-0.2, 0) is 13.7 Å². The first-order valence-electron chi connectivity index (χ1n) is 10.5. The monoisotopic (exact) mass is 435 g/mol. The Bertz CT molecular complexity index is 1480. The summed E-state index contributed by atoms with van der Waals surface area (Å²) in [6.07, 6.45) is 0. The standard InChI is InChI=1S/C27H21N3O3/c1-30-22-10-6-5-9-20(22)25-24(27(30)31)23(21(15-28)26(29)33-25)18-11-13-19(14-12-18)32-16-17-7-3-2-4-8-17/h2-14,23H,16,29H2,1H3/t23-/m1/s1. The zero-order valence-corrected chi connectivity index (χ0v) is 18.0. The number of para-hydroxylation sites is 1. The lowest BCUT2D eigenvalue weighted by atomic mass is 9.83. The van der Waals surface area contributed by atoms with Gasteiger partial charge in [0.15, 0.2) is 0 Å². The second-order valence-electron chi connectivity index (χ2n) is 7.89. The topological polar surface area (TPSA) is 90.3 Å². The number of nitriles is 1. The van der Waals surface area contributed by atoms with Gasteiger partial charge in [-0.25, -0.2) is 0 Å². The molecule has 1 atom stereocenters. The number of rotatable bonds is 4. The van der Waals surface area contributed by atoms with Crippen molar-refractivity contribution in [1.29, 1.82) is 5.26 Å². The molecule has 5 rings (SSSR count). The first-order chi connectivity index (χ1) is 16.1. The molecule has 0 aliphatic carbocycles. The predicted molar refractivity (Wildman–Crippen MR) is 126 cm³/mol. The molecule has 0 spiro atoms. The zero-order valence-electron chi connectivity index (χ0n) is 18.0. The van der Waals surface area contributed by atoms with E-state index in [1.807, 2.05) is 78.9 Å². The third kappa shape index (κ3) is 3.50. The van der Waals surface area contributed by atoms with Gasteiger partial charge in [0.05, 0.1) is 17.0 Å². The van der Waals surface area contributed by atoms with E-state index in [4.69, 9.17) is 15.2 Å². The van der Waals surface area contributed by atoms with Crippen LogP contribution in [0.1, 0.15) is 22.6 Å². The van der Waals surface area contributed by atoms with Gasteiger partial charge in [-0.3, -0.25) is 4.79 Å². The maximum atomic E-state index is 13.4. The van der Waals surface area contributed by atoms with Crippen molar-refractivity contribution in [3.63, 3.8) is 0 Å². The van der Waals surface area contributed by atoms with Gasteiger partial charge >= 0.3 is 0 Å². The average Bonchev–Trinajstić information content (AvgIpc) is 2.86. The summed E-state index contributed by atoms with van der Waals surface area (Å²) in [5.41, 5.74) is 9.11. The third-order valence-corrected chi connectivity index (χ3v) is 5.93. The third-order valence-electron chi connectivity index (χ3n) is 5.93. The SMILES string of the molecule is Cn1c(=O)c2c(c3ccccc31)OC(N)=C(C#N)[C@H]2c1ccc(OCc2ccccc2)cc1. The second kappa shape index (κ2) is 8.21. The molecule has 2 heterocycles. The summed E-state index contributed by atoms with van der Waals surface area (Å²) in [5.74, 6) is 0.472. The van der Waals surface area contributed by atoms with Gasteiger partial charge in [0, 0.05) is 12.4 Å². The van der Waals surface area contributed by atoms with Gasteiger partial charge in [-0.15, -0.1) is 0 Å². The Morgan fingerprint density at radius 2 is 1.73 bits per heavy atom. The maximum Gasteiger partial charge on any atom is 0.258 e. The summed E-state index contributed by atoms with van der Waals surface area (Å²) in [5, 5.41) is 10.6. The zero-order chi connectivity index (χ0) is 22.9. The molecule has 162 valence electrons. The fourth-order valence-electron chi connectivity index (χ4n) is 4.26. The van der Waals surface area contributed by atoms with Crippen molar-refractivity contribution < 1.29 is 9.47 Å². The molecule has 0 fully saturated rings. The minimum absolute atomic E-state index is 0.0119. The highest BCUT2D eigenvalue weighted by Gasteiger charge is 2.35. The Labute approximate surface area is 190 Å². The first kappa shape index (κ1) is 20.4. The molecule has 3 aromatic carbocycles. The van der Waals surface area contributed by atoms with E-state index in [0.29, 0.717) is 23.7 Å². The summed E-state index contributed by atoms with van der Waals surface area (Å²) in [4.78, 5) is 13.4. The van der Waals surface area contributed by atoms with Crippen LogP contribution in [0.5, 0.6) is 11.5 Å². The van der Waals surface area contributed by atoms with Crippen LogP contribution in [0.15, 0.2) is 95.1 Å². The van der Waals surface area contributed by atoms with E-state index in [-0.39, 0.29) is 17.0 Å². The Kier molecular flexibility index (Phi) is 5.08. The second-order valence-corrected chi connectivity index (χ2v) is 7.89. The first-order valence-corrected chi connectivity index (χ1v) is 10.5. The van der Waals surface area contributed by atoms with E-state index in [0.717, 1.165) is 22.0 Å². The molecular weight excluding hydrogens is 414 g/mol. The summed E-state index contributed by atoms with van der Waals surface area (Å²) < 4.78 is 13.3. The van der Waals surface area contributed by atoms with Gasteiger partial charge in [0.25, 0.3) is 5.56 Å². The van der Waals surface area contributed by atoms with Crippen molar-refractivity contribution in [3.8, 4) is 17.6 Å². The predicted octanol–water partition coefficient (Wildman–Crippen LogP) is 4.34. The molecule has 0 unspecified atom stereocenters. The van der Waals surface area contributed by atoms with Gasteiger partial charge in [-0.1, -0.05) is 54.6 Å². The molecule has 0 amide bonds. The van der Waals surface area contributed by atoms with Crippen molar-refractivity contribution in [2.45, 2.75) is 12.5 Å². The van der Waals surface area contributed by atoms with Crippen LogP contribution in [0.2, 0.25) is 0 Å². The van der Waals surface area contributed by atoms with Crippen molar-refractivity contribution in [2.75, 3.05) is 0 Å². The molecule has 33 heavy (non-hydrogen) atoms. The lowest BCUT2D eigenvalue weighted by Gasteiger charge is -2.27. The van der Waals surface area contributed by atoms with Crippen LogP contribution in [0.25, 0.3) is 10.9 Å². The Balaban J connectivity index is 1.58. The van der Waals surface area contributed by atoms with E-state index >= 15 is 0 Å². The molecular formula is C27H21N3O3. The van der Waals surface area contributed by atoms with Gasteiger partial charge in [0.2, 0.25) is 5.88 Å². The van der Waals surface area contributed by atoms with Crippen LogP contribution in [0.4, 0.5) is 0 Å². The number of nitrogens with zero attached hydrogens (tertiary/aromatic N) is 2. The molecule has 1 aliphatic rings. The number of aromatic nitrogens is 1. The van der Waals surface area contributed by atoms with Gasteiger partial charge in [-0.05, 0) is 35.4 Å². The maximum absolute atomic E-state index is 13.4. The number of allylic oxidation sites excluding steroid dienone is 1. The molecule has 1 aromatic heterocycles. The highest BCUT2D eigenvalue weighted by Crippen LogP contribution is 2.43. The number of pyridine rings is 1. The van der Waals surface area contributed by atoms with Crippen molar-refractivity contribution in [1.82, 2.24) is 4.57 Å². The van der Waals surface area contributed by atoms with Crippen LogP contribution < -0.4 is 20.8 Å². The quantitative estimate of drug-likeness (QED) is 0.515. The summed E-state index contributed by atoms with van der Waals surface area (Å²) >= 11 is 0. The molecule has 0 radical (unpaired) electrons. The Hall–Kier alpha value is -4.50. The molecule has 0 saturated heterocycles. The molecule has 6 heteroatoms. The lowest BCUT2D eigenvalue weighted by Crippen LogP contribution is -2.31. The van der Waals surface area contributed by atoms with E-state index in [9.17, 15) is 10.1 Å². The summed E-state index contributed by atoms with van der Waals surface area (Å²) in [6.45, 7) is 0.448. The van der Waals surface area contributed by atoms with E-state index in [2.05, 4.69) is 6.07 Å². The van der Waals surface area contributed by atoms with Crippen LogP contribution in [-0.4, -0.2) is 4.57 Å². The molecule has 1 aliphatic heterocycles. The highest BCUT2D eigenvalue weighted by atomic mass is 16.5. The Morgan fingerprint density at radius 3 is 2.45 bits per heavy atom. The van der Waals surface area contributed by atoms with Crippen LogP contribution >= 0.6 is 0 Å². The minimum atomic E-state index is -0.634. The normalized spacial score (nSPS) is 15.0. The van der Waals surface area contributed by atoms with Crippen LogP contribution in [0, 0.1) is 11.3 Å². The molecule has 0 saturated carbocycles. The fraction of sp³-hybridized carbons (Fsp3) is 0.111. The summed E-state index contributed by atoms with van der Waals surface area (Å²) in [6, 6.07) is 26.9. The van der Waals surface area contributed by atoms with Crippen molar-refractivity contribution in [2.24, 2.45) is 12.8 Å². The average molecular weight is 435 g/mol. The van der Waals surface area contributed by atoms with Gasteiger partial charge < -0.3 is 19.8 Å². The van der Waals surface area contributed by atoms with Gasteiger partial charge in [0.1, 0.15) is 29.7 Å². The number of hydrogen-bond donors (Lipinski definition) is 1. The van der Waals surface area contributed by atoms with E-state index < -0.39 is 5.92 Å². The number of fused-ring (bicyclic) bond motifs is 3. The molecule has 6 nitrogen and oxygen atoms in total. The Morgan fingerprint density at radius 1 is 1.03 bits per heavy atom. The highest BCUT2D eigenvalue weighted by molar-refractivity contribution is 5.88. The largest absolute Gasteiger partial charge is 0.489 e. The van der Waals surface area contributed by atoms with Crippen molar-refractivity contribution >= 4 is 10.9 Å². The van der Waals surface area contributed by atoms with E-state index in [1.165, 1.54) is 0 Å². The smallest absolute Gasteiger partial charge is 0.258 e. The van der Waals surface area contributed by atoms with E-state index in [1.54, 1.807) is 11.6 Å². The molecule has 0 bridgehead atoms. The van der Waals surface area contributed by atoms with Crippen LogP contribution in [0.3, 0.4) is 0 Å².